The summed E-state index contributed by atoms with van der Waals surface area (Å²) < 4.78 is 5.09. The van der Waals surface area contributed by atoms with E-state index in [4.69, 9.17) is 4.74 Å². The van der Waals surface area contributed by atoms with Crippen LogP contribution in [-0.2, 0) is 9.53 Å². The number of imide groups is 1. The Labute approximate surface area is 173 Å². The van der Waals surface area contributed by atoms with Crippen LogP contribution in [0.3, 0.4) is 0 Å². The van der Waals surface area contributed by atoms with E-state index in [2.05, 4.69) is 21.3 Å². The first-order chi connectivity index (χ1) is 14.4. The van der Waals surface area contributed by atoms with Gasteiger partial charge in [-0.15, -0.1) is 0 Å². The summed E-state index contributed by atoms with van der Waals surface area (Å²) in [5, 5.41) is 10.1. The SMILES string of the molecule is CC(OC(=O)c1ccc(NC(=O)Nc2ccccc2)cc1)C(=O)NC(=O)NC1CC1. The Morgan fingerprint density at radius 3 is 2.07 bits per heavy atom. The zero-order valence-corrected chi connectivity index (χ0v) is 16.3. The monoisotopic (exact) mass is 410 g/mol. The summed E-state index contributed by atoms with van der Waals surface area (Å²) in [6, 6.07) is 14.0. The van der Waals surface area contributed by atoms with Crippen LogP contribution in [0.25, 0.3) is 0 Å². The van der Waals surface area contributed by atoms with E-state index in [-0.39, 0.29) is 11.6 Å². The van der Waals surface area contributed by atoms with Gasteiger partial charge in [-0.3, -0.25) is 10.1 Å². The summed E-state index contributed by atoms with van der Waals surface area (Å²) in [6.45, 7) is 1.38. The number of para-hydroxylation sites is 1. The Morgan fingerprint density at radius 2 is 1.47 bits per heavy atom. The molecule has 0 heterocycles. The maximum atomic E-state index is 12.2. The Hall–Kier alpha value is -3.88. The normalized spacial score (nSPS) is 13.5. The first kappa shape index (κ1) is 20.8. The number of urea groups is 2. The van der Waals surface area contributed by atoms with E-state index in [1.807, 2.05) is 6.07 Å². The number of carbonyl (C=O) groups is 4. The van der Waals surface area contributed by atoms with Crippen molar-refractivity contribution in [3.63, 3.8) is 0 Å². The zero-order valence-electron chi connectivity index (χ0n) is 16.3. The molecular formula is C21H22N4O5. The lowest BCUT2D eigenvalue weighted by molar-refractivity contribution is -0.127. The van der Waals surface area contributed by atoms with Crippen molar-refractivity contribution in [2.24, 2.45) is 0 Å². The van der Waals surface area contributed by atoms with Crippen LogP contribution in [-0.4, -0.2) is 36.1 Å². The number of ether oxygens (including phenoxy) is 1. The van der Waals surface area contributed by atoms with Gasteiger partial charge in [0, 0.05) is 17.4 Å². The standard InChI is InChI=1S/C21H22N4O5/c1-13(18(26)25-21(29)24-17-11-12-17)30-19(27)14-7-9-16(10-8-14)23-20(28)22-15-5-3-2-4-6-15/h2-10,13,17H,11-12H2,1H3,(H2,22,23,28)(H2,24,25,26,29). The second kappa shape index (κ2) is 9.55. The fraction of sp³-hybridized carbons (Fsp3) is 0.238. The van der Waals surface area contributed by atoms with Crippen molar-refractivity contribution in [1.82, 2.24) is 10.6 Å². The molecule has 2 aromatic carbocycles. The van der Waals surface area contributed by atoms with Crippen molar-refractivity contribution >= 4 is 35.3 Å². The van der Waals surface area contributed by atoms with E-state index >= 15 is 0 Å². The molecule has 3 rings (SSSR count). The van der Waals surface area contributed by atoms with E-state index in [0.717, 1.165) is 12.8 Å². The smallest absolute Gasteiger partial charge is 0.338 e. The van der Waals surface area contributed by atoms with E-state index < -0.39 is 30.0 Å². The molecule has 156 valence electrons. The molecule has 1 aliphatic rings. The van der Waals surface area contributed by atoms with Crippen LogP contribution in [0.2, 0.25) is 0 Å². The van der Waals surface area contributed by atoms with Gasteiger partial charge in [0.05, 0.1) is 5.56 Å². The van der Waals surface area contributed by atoms with Crippen molar-refractivity contribution < 1.29 is 23.9 Å². The molecule has 5 amide bonds. The summed E-state index contributed by atoms with van der Waals surface area (Å²) in [5.74, 6) is -1.43. The molecular weight excluding hydrogens is 388 g/mol. The second-order valence-electron chi connectivity index (χ2n) is 6.81. The molecule has 9 nitrogen and oxygen atoms in total. The summed E-state index contributed by atoms with van der Waals surface area (Å²) in [6.07, 6.45) is 0.646. The summed E-state index contributed by atoms with van der Waals surface area (Å²) >= 11 is 0. The lowest BCUT2D eigenvalue weighted by Gasteiger charge is -2.13. The molecule has 9 heteroatoms. The van der Waals surface area contributed by atoms with Gasteiger partial charge in [0.25, 0.3) is 5.91 Å². The van der Waals surface area contributed by atoms with Crippen LogP contribution in [0, 0.1) is 0 Å². The van der Waals surface area contributed by atoms with E-state index in [1.165, 1.54) is 31.2 Å². The van der Waals surface area contributed by atoms with Crippen LogP contribution < -0.4 is 21.3 Å². The molecule has 1 atom stereocenters. The average molecular weight is 410 g/mol. The minimum Gasteiger partial charge on any atom is -0.449 e. The Balaban J connectivity index is 1.47. The highest BCUT2D eigenvalue weighted by Crippen LogP contribution is 2.18. The molecule has 0 saturated heterocycles. The van der Waals surface area contributed by atoms with Crippen LogP contribution in [0.4, 0.5) is 21.0 Å². The quantitative estimate of drug-likeness (QED) is 0.545. The maximum Gasteiger partial charge on any atom is 0.338 e. The molecule has 1 aliphatic carbocycles. The Bertz CT molecular complexity index is 926. The number of rotatable bonds is 6. The van der Waals surface area contributed by atoms with Gasteiger partial charge in [-0.1, -0.05) is 18.2 Å². The van der Waals surface area contributed by atoms with Gasteiger partial charge in [-0.05, 0) is 56.2 Å². The van der Waals surface area contributed by atoms with Gasteiger partial charge in [0.1, 0.15) is 0 Å². The number of carbonyl (C=O) groups excluding carboxylic acids is 4. The fourth-order valence-electron chi connectivity index (χ4n) is 2.45. The summed E-state index contributed by atoms with van der Waals surface area (Å²) in [7, 11) is 0. The largest absolute Gasteiger partial charge is 0.449 e. The molecule has 30 heavy (non-hydrogen) atoms. The summed E-state index contributed by atoms with van der Waals surface area (Å²) in [4.78, 5) is 47.7. The third-order valence-electron chi connectivity index (χ3n) is 4.21. The lowest BCUT2D eigenvalue weighted by atomic mass is 10.2. The highest BCUT2D eigenvalue weighted by Gasteiger charge is 2.26. The first-order valence-electron chi connectivity index (χ1n) is 9.46. The zero-order chi connectivity index (χ0) is 21.5. The van der Waals surface area contributed by atoms with E-state index in [1.54, 1.807) is 24.3 Å². The molecule has 0 radical (unpaired) electrons. The Kier molecular flexibility index (Phi) is 6.63. The molecule has 2 aromatic rings. The van der Waals surface area contributed by atoms with Gasteiger partial charge in [0.2, 0.25) is 0 Å². The number of hydrogen-bond donors (Lipinski definition) is 4. The average Bonchev–Trinajstić information content (AvgIpc) is 3.52. The lowest BCUT2D eigenvalue weighted by Crippen LogP contribution is -2.45. The van der Waals surface area contributed by atoms with Gasteiger partial charge < -0.3 is 20.7 Å². The van der Waals surface area contributed by atoms with Crippen molar-refractivity contribution in [2.75, 3.05) is 10.6 Å². The molecule has 0 aliphatic heterocycles. The van der Waals surface area contributed by atoms with Crippen LogP contribution >= 0.6 is 0 Å². The van der Waals surface area contributed by atoms with Crippen molar-refractivity contribution in [2.45, 2.75) is 31.9 Å². The van der Waals surface area contributed by atoms with E-state index in [0.29, 0.717) is 11.4 Å². The third-order valence-corrected chi connectivity index (χ3v) is 4.21. The van der Waals surface area contributed by atoms with Crippen molar-refractivity contribution in [3.05, 3.63) is 60.2 Å². The Morgan fingerprint density at radius 1 is 0.867 bits per heavy atom. The minimum absolute atomic E-state index is 0.109. The number of benzene rings is 2. The fourth-order valence-corrected chi connectivity index (χ4v) is 2.45. The van der Waals surface area contributed by atoms with Crippen molar-refractivity contribution in [1.29, 1.82) is 0 Å². The summed E-state index contributed by atoms with van der Waals surface area (Å²) in [5.41, 5.74) is 1.32. The highest BCUT2D eigenvalue weighted by atomic mass is 16.5. The minimum atomic E-state index is -1.14. The maximum absolute atomic E-state index is 12.2. The highest BCUT2D eigenvalue weighted by molar-refractivity contribution is 6.00. The first-order valence-corrected chi connectivity index (χ1v) is 9.46. The molecule has 1 saturated carbocycles. The second-order valence-corrected chi connectivity index (χ2v) is 6.81. The number of hydrogen-bond acceptors (Lipinski definition) is 5. The van der Waals surface area contributed by atoms with Gasteiger partial charge in [0.15, 0.2) is 6.10 Å². The van der Waals surface area contributed by atoms with Gasteiger partial charge >= 0.3 is 18.0 Å². The number of esters is 1. The van der Waals surface area contributed by atoms with Crippen LogP contribution in [0.15, 0.2) is 54.6 Å². The predicted molar refractivity (Wildman–Crippen MR) is 110 cm³/mol. The van der Waals surface area contributed by atoms with Gasteiger partial charge in [-0.2, -0.15) is 0 Å². The molecule has 0 aromatic heterocycles. The topological polar surface area (TPSA) is 126 Å². The predicted octanol–water partition coefficient (Wildman–Crippen LogP) is 2.86. The number of amides is 5. The molecule has 1 unspecified atom stereocenters. The van der Waals surface area contributed by atoms with Crippen LogP contribution in [0.1, 0.15) is 30.1 Å². The van der Waals surface area contributed by atoms with Crippen molar-refractivity contribution in [3.8, 4) is 0 Å². The molecule has 1 fully saturated rings. The third kappa shape index (κ3) is 6.33. The van der Waals surface area contributed by atoms with Crippen LogP contribution in [0.5, 0.6) is 0 Å². The number of nitrogens with one attached hydrogen (secondary N) is 4. The molecule has 4 N–H and O–H groups in total. The molecule has 0 bridgehead atoms. The van der Waals surface area contributed by atoms with E-state index in [9.17, 15) is 19.2 Å². The molecule has 0 spiro atoms. The number of anilines is 2. The van der Waals surface area contributed by atoms with Gasteiger partial charge in [-0.25, -0.2) is 14.4 Å².